The van der Waals surface area contributed by atoms with Crippen molar-refractivity contribution >= 4 is 11.4 Å². The highest BCUT2D eigenvalue weighted by Gasteiger charge is 2.13. The average molecular weight is 302 g/mol. The summed E-state index contributed by atoms with van der Waals surface area (Å²) in [7, 11) is 0. The van der Waals surface area contributed by atoms with E-state index >= 15 is 0 Å². The minimum atomic E-state index is -0.445. The van der Waals surface area contributed by atoms with Gasteiger partial charge in [0.05, 0.1) is 18.1 Å². The van der Waals surface area contributed by atoms with E-state index in [9.17, 15) is 10.1 Å². The van der Waals surface area contributed by atoms with Crippen LogP contribution in [0.15, 0.2) is 42.5 Å². The van der Waals surface area contributed by atoms with Gasteiger partial charge in [-0.15, -0.1) is 0 Å². The van der Waals surface area contributed by atoms with E-state index in [0.717, 1.165) is 11.1 Å². The van der Waals surface area contributed by atoms with Crippen molar-refractivity contribution < 1.29 is 15.1 Å². The Morgan fingerprint density at radius 1 is 0.955 bits per heavy atom. The Labute approximate surface area is 128 Å². The molecule has 0 heterocycles. The van der Waals surface area contributed by atoms with Crippen LogP contribution in [0.3, 0.4) is 0 Å². The molecule has 0 saturated carbocycles. The highest BCUT2D eigenvalue weighted by atomic mass is 16.6. The molecular formula is C16H18N2O4. The molecule has 3 N–H and O–H groups in total. The molecule has 0 aliphatic heterocycles. The minimum Gasteiger partial charge on any atom is -0.392 e. The zero-order valence-corrected chi connectivity index (χ0v) is 12.0. The number of nitro benzene ring substituents is 1. The lowest BCUT2D eigenvalue weighted by molar-refractivity contribution is -0.384. The van der Waals surface area contributed by atoms with Crippen LogP contribution in [0, 0.1) is 10.1 Å². The molecule has 6 nitrogen and oxygen atoms in total. The van der Waals surface area contributed by atoms with Crippen molar-refractivity contribution in [3.05, 3.63) is 69.3 Å². The molecule has 0 saturated heterocycles. The van der Waals surface area contributed by atoms with E-state index in [0.29, 0.717) is 24.2 Å². The van der Waals surface area contributed by atoms with Gasteiger partial charge < -0.3 is 15.5 Å². The molecule has 2 aromatic carbocycles. The molecule has 0 unspecified atom stereocenters. The molecule has 0 atom stereocenters. The minimum absolute atomic E-state index is 0.00664. The smallest absolute Gasteiger partial charge is 0.292 e. The summed E-state index contributed by atoms with van der Waals surface area (Å²) in [6, 6.07) is 12.1. The summed E-state index contributed by atoms with van der Waals surface area (Å²) in [6.07, 6.45) is 0.701. The molecule has 0 fully saturated rings. The number of anilines is 1. The van der Waals surface area contributed by atoms with Gasteiger partial charge in [-0.05, 0) is 35.2 Å². The highest BCUT2D eigenvalue weighted by molar-refractivity contribution is 5.62. The Morgan fingerprint density at radius 3 is 2.14 bits per heavy atom. The zero-order valence-electron chi connectivity index (χ0n) is 12.0. The second kappa shape index (κ2) is 7.53. The summed E-state index contributed by atoms with van der Waals surface area (Å²) in [5.41, 5.74) is 2.95. The Morgan fingerprint density at radius 2 is 1.55 bits per heavy atom. The number of nitrogens with one attached hydrogen (secondary N) is 1. The molecule has 0 aromatic heterocycles. The maximum absolute atomic E-state index is 11.0. The van der Waals surface area contributed by atoms with Gasteiger partial charge in [0.15, 0.2) is 0 Å². The molecule has 0 aliphatic rings. The maximum Gasteiger partial charge on any atom is 0.292 e. The van der Waals surface area contributed by atoms with E-state index in [4.69, 9.17) is 10.2 Å². The fourth-order valence-electron chi connectivity index (χ4n) is 2.14. The standard InChI is InChI=1S/C16H18N2O4/c19-10-13-3-1-12(2-4-13)7-8-17-15-9-14(11-20)5-6-16(15)18(21)22/h1-6,9,17,19-20H,7-8,10-11H2. The van der Waals surface area contributed by atoms with Gasteiger partial charge in [0.1, 0.15) is 5.69 Å². The largest absolute Gasteiger partial charge is 0.392 e. The van der Waals surface area contributed by atoms with Crippen LogP contribution >= 0.6 is 0 Å². The number of aliphatic hydroxyl groups excluding tert-OH is 2. The molecule has 6 heteroatoms. The molecule has 0 spiro atoms. The molecule has 2 aromatic rings. The summed E-state index contributed by atoms with van der Waals surface area (Å²) in [6.45, 7) is 0.391. The van der Waals surface area contributed by atoms with Gasteiger partial charge in [-0.3, -0.25) is 10.1 Å². The number of nitro groups is 1. The topological polar surface area (TPSA) is 95.6 Å². The Bertz CT molecular complexity index is 641. The monoisotopic (exact) mass is 302 g/mol. The molecule has 2 rings (SSSR count). The molecule has 0 bridgehead atoms. The van der Waals surface area contributed by atoms with Crippen LogP contribution in [0.4, 0.5) is 11.4 Å². The quantitative estimate of drug-likeness (QED) is 0.538. The third-order valence-electron chi connectivity index (χ3n) is 3.37. The fourth-order valence-corrected chi connectivity index (χ4v) is 2.14. The van der Waals surface area contributed by atoms with E-state index in [2.05, 4.69) is 5.32 Å². The predicted molar refractivity (Wildman–Crippen MR) is 83.6 cm³/mol. The zero-order chi connectivity index (χ0) is 15.9. The lowest BCUT2D eigenvalue weighted by Crippen LogP contribution is -2.07. The number of hydrogen-bond acceptors (Lipinski definition) is 5. The Hall–Kier alpha value is -2.44. The first kappa shape index (κ1) is 15.9. The number of rotatable bonds is 7. The van der Waals surface area contributed by atoms with Crippen LogP contribution in [0.2, 0.25) is 0 Å². The summed E-state index contributed by atoms with van der Waals surface area (Å²) < 4.78 is 0. The first-order valence-corrected chi connectivity index (χ1v) is 6.94. The normalized spacial score (nSPS) is 10.5. The van der Waals surface area contributed by atoms with Crippen LogP contribution in [-0.2, 0) is 19.6 Å². The van der Waals surface area contributed by atoms with Crippen molar-refractivity contribution in [1.82, 2.24) is 0 Å². The number of hydrogen-bond donors (Lipinski definition) is 3. The first-order valence-electron chi connectivity index (χ1n) is 6.94. The van der Waals surface area contributed by atoms with Crippen molar-refractivity contribution in [2.45, 2.75) is 19.6 Å². The number of nitrogens with zero attached hydrogens (tertiary/aromatic N) is 1. The molecule has 0 radical (unpaired) electrons. The molecule has 22 heavy (non-hydrogen) atoms. The van der Waals surface area contributed by atoms with Gasteiger partial charge in [0.2, 0.25) is 0 Å². The number of aliphatic hydroxyl groups is 2. The fraction of sp³-hybridized carbons (Fsp3) is 0.250. The van der Waals surface area contributed by atoms with Gasteiger partial charge in [-0.25, -0.2) is 0 Å². The lowest BCUT2D eigenvalue weighted by Gasteiger charge is -2.09. The van der Waals surface area contributed by atoms with E-state index in [1.807, 2.05) is 24.3 Å². The molecular weight excluding hydrogens is 284 g/mol. The first-order chi connectivity index (χ1) is 10.6. The van der Waals surface area contributed by atoms with Gasteiger partial charge in [0, 0.05) is 12.6 Å². The predicted octanol–water partition coefficient (Wildman–Crippen LogP) is 2.23. The molecule has 0 aliphatic carbocycles. The van der Waals surface area contributed by atoms with E-state index < -0.39 is 4.92 Å². The van der Waals surface area contributed by atoms with Gasteiger partial charge in [-0.1, -0.05) is 24.3 Å². The maximum atomic E-state index is 11.0. The summed E-state index contributed by atoms with van der Waals surface area (Å²) >= 11 is 0. The number of benzene rings is 2. The van der Waals surface area contributed by atoms with Crippen molar-refractivity contribution in [3.63, 3.8) is 0 Å². The third kappa shape index (κ3) is 4.03. The van der Waals surface area contributed by atoms with Crippen LogP contribution in [0.5, 0.6) is 0 Å². The summed E-state index contributed by atoms with van der Waals surface area (Å²) in [5.74, 6) is 0. The third-order valence-corrected chi connectivity index (χ3v) is 3.37. The van der Waals surface area contributed by atoms with Crippen LogP contribution in [-0.4, -0.2) is 21.7 Å². The SMILES string of the molecule is O=[N+]([O-])c1ccc(CO)cc1NCCc1ccc(CO)cc1. The van der Waals surface area contributed by atoms with E-state index in [1.165, 1.54) is 12.1 Å². The van der Waals surface area contributed by atoms with Crippen molar-refractivity contribution in [3.8, 4) is 0 Å². The Kier molecular flexibility index (Phi) is 5.46. The van der Waals surface area contributed by atoms with E-state index in [1.54, 1.807) is 6.07 Å². The average Bonchev–Trinajstić information content (AvgIpc) is 2.55. The molecule has 0 amide bonds. The van der Waals surface area contributed by atoms with Gasteiger partial charge >= 0.3 is 0 Å². The van der Waals surface area contributed by atoms with E-state index in [-0.39, 0.29) is 18.9 Å². The van der Waals surface area contributed by atoms with Crippen LogP contribution in [0.1, 0.15) is 16.7 Å². The summed E-state index contributed by atoms with van der Waals surface area (Å²) in [5, 5.41) is 32.2. The van der Waals surface area contributed by atoms with Crippen molar-refractivity contribution in [2.75, 3.05) is 11.9 Å². The van der Waals surface area contributed by atoms with Gasteiger partial charge in [-0.2, -0.15) is 0 Å². The highest BCUT2D eigenvalue weighted by Crippen LogP contribution is 2.25. The second-order valence-electron chi connectivity index (χ2n) is 4.92. The van der Waals surface area contributed by atoms with Crippen molar-refractivity contribution in [1.29, 1.82) is 0 Å². The van der Waals surface area contributed by atoms with Gasteiger partial charge in [0.25, 0.3) is 5.69 Å². The second-order valence-corrected chi connectivity index (χ2v) is 4.92. The van der Waals surface area contributed by atoms with Crippen molar-refractivity contribution in [2.24, 2.45) is 0 Å². The summed E-state index contributed by atoms with van der Waals surface area (Å²) in [4.78, 5) is 10.6. The lowest BCUT2D eigenvalue weighted by atomic mass is 10.1. The van der Waals surface area contributed by atoms with Crippen LogP contribution < -0.4 is 5.32 Å². The Balaban J connectivity index is 2.02. The molecule has 116 valence electrons. The van der Waals surface area contributed by atoms with Crippen LogP contribution in [0.25, 0.3) is 0 Å².